The van der Waals surface area contributed by atoms with Crippen LogP contribution in [-0.4, -0.2) is 48.9 Å². The van der Waals surface area contributed by atoms with Crippen LogP contribution < -0.4 is 5.32 Å². The van der Waals surface area contributed by atoms with E-state index < -0.39 is 11.9 Å². The highest BCUT2D eigenvalue weighted by molar-refractivity contribution is 5.89. The Morgan fingerprint density at radius 2 is 2.06 bits per heavy atom. The van der Waals surface area contributed by atoms with Crippen LogP contribution in [0.25, 0.3) is 0 Å². The number of carbonyl (C=O) groups is 2. The minimum absolute atomic E-state index is 0.0276. The second kappa shape index (κ2) is 5.24. The Bertz CT molecular complexity index is 345. The molecule has 6 heteroatoms. The van der Waals surface area contributed by atoms with Crippen molar-refractivity contribution < 1.29 is 24.2 Å². The lowest BCUT2D eigenvalue weighted by Gasteiger charge is -2.43. The van der Waals surface area contributed by atoms with Gasteiger partial charge in [-0.1, -0.05) is 0 Å². The molecule has 2 rings (SSSR count). The van der Waals surface area contributed by atoms with E-state index in [0.29, 0.717) is 13.0 Å². The Morgan fingerprint density at radius 1 is 1.33 bits per heavy atom. The lowest BCUT2D eigenvalue weighted by Crippen LogP contribution is -2.61. The van der Waals surface area contributed by atoms with Crippen molar-refractivity contribution in [2.24, 2.45) is 11.8 Å². The first-order valence-corrected chi connectivity index (χ1v) is 6.26. The highest BCUT2D eigenvalue weighted by Gasteiger charge is 2.51. The van der Waals surface area contributed by atoms with E-state index in [1.165, 1.54) is 0 Å². The van der Waals surface area contributed by atoms with Crippen molar-refractivity contribution in [3.05, 3.63) is 0 Å². The number of carboxylic acid groups (broad SMARTS) is 1. The molecule has 18 heavy (non-hydrogen) atoms. The number of methoxy groups -OCH3 is 1. The molecule has 0 aromatic rings. The second-order valence-corrected chi connectivity index (χ2v) is 4.83. The number of carbonyl (C=O) groups excluding carboxylic acids is 1. The van der Waals surface area contributed by atoms with Crippen LogP contribution in [0, 0.1) is 11.8 Å². The summed E-state index contributed by atoms with van der Waals surface area (Å²) in [5, 5.41) is 11.6. The van der Waals surface area contributed by atoms with E-state index in [4.69, 9.17) is 14.6 Å². The molecule has 2 N–H and O–H groups in total. The summed E-state index contributed by atoms with van der Waals surface area (Å²) in [5.41, 5.74) is 0. The molecule has 102 valence electrons. The third-order valence-corrected chi connectivity index (χ3v) is 3.67. The lowest BCUT2D eigenvalue weighted by atomic mass is 9.85. The molecule has 2 aliphatic carbocycles. The van der Waals surface area contributed by atoms with Crippen LogP contribution in [0.2, 0.25) is 0 Å². The van der Waals surface area contributed by atoms with Crippen LogP contribution in [-0.2, 0) is 19.1 Å². The molecule has 5 atom stereocenters. The molecular weight excluding hydrogens is 238 g/mol. The monoisotopic (exact) mass is 257 g/mol. The van der Waals surface area contributed by atoms with Crippen molar-refractivity contribution in [3.8, 4) is 0 Å². The van der Waals surface area contributed by atoms with E-state index in [9.17, 15) is 9.59 Å². The van der Waals surface area contributed by atoms with Gasteiger partial charge in [0, 0.05) is 13.7 Å². The van der Waals surface area contributed by atoms with Crippen LogP contribution in [0.5, 0.6) is 0 Å². The highest BCUT2D eigenvalue weighted by atomic mass is 16.5. The van der Waals surface area contributed by atoms with Crippen LogP contribution in [0.15, 0.2) is 0 Å². The van der Waals surface area contributed by atoms with E-state index in [1.807, 2.05) is 6.92 Å². The normalized spacial score (nSPS) is 37.8. The van der Waals surface area contributed by atoms with Gasteiger partial charge in [0.05, 0.1) is 24.0 Å². The molecule has 0 radical (unpaired) electrons. The van der Waals surface area contributed by atoms with Gasteiger partial charge in [0.1, 0.15) is 6.10 Å². The molecule has 0 heterocycles. The first-order valence-electron chi connectivity index (χ1n) is 6.26. The predicted molar refractivity (Wildman–Crippen MR) is 62.0 cm³/mol. The Labute approximate surface area is 106 Å². The van der Waals surface area contributed by atoms with Gasteiger partial charge in [0.2, 0.25) is 5.91 Å². The van der Waals surface area contributed by atoms with Crippen molar-refractivity contribution in [1.82, 2.24) is 5.32 Å². The Balaban J connectivity index is 1.78. The van der Waals surface area contributed by atoms with Gasteiger partial charge in [-0.05, 0) is 19.8 Å². The van der Waals surface area contributed by atoms with Crippen LogP contribution in [0.1, 0.15) is 19.8 Å². The van der Waals surface area contributed by atoms with E-state index in [2.05, 4.69) is 5.32 Å². The topological polar surface area (TPSA) is 84.9 Å². The first kappa shape index (κ1) is 13.3. The number of aliphatic carboxylic acids is 1. The maximum Gasteiger partial charge on any atom is 0.307 e. The molecule has 0 spiro atoms. The van der Waals surface area contributed by atoms with Gasteiger partial charge in [0.25, 0.3) is 0 Å². The number of hydrogen-bond donors (Lipinski definition) is 2. The summed E-state index contributed by atoms with van der Waals surface area (Å²) >= 11 is 0. The van der Waals surface area contributed by atoms with Gasteiger partial charge in [-0.25, -0.2) is 0 Å². The minimum Gasteiger partial charge on any atom is -0.481 e. The number of amides is 1. The minimum atomic E-state index is -0.890. The maximum absolute atomic E-state index is 11.8. The molecule has 2 saturated carbocycles. The highest BCUT2D eigenvalue weighted by Crippen LogP contribution is 2.39. The molecule has 5 unspecified atom stereocenters. The van der Waals surface area contributed by atoms with Gasteiger partial charge in [-0.2, -0.15) is 0 Å². The standard InChI is InChI=1S/C12H19NO5/c1-3-18-9-5-8(10(9)17-2)13-11(14)6-4-7(6)12(15)16/h6-10H,3-5H2,1-2H3,(H,13,14)(H,15,16). The molecule has 0 aliphatic heterocycles. The average molecular weight is 257 g/mol. The van der Waals surface area contributed by atoms with Crippen LogP contribution >= 0.6 is 0 Å². The SMILES string of the molecule is CCOC1CC(NC(=O)C2CC2C(=O)O)C1OC. The zero-order valence-corrected chi connectivity index (χ0v) is 10.6. The molecule has 2 fully saturated rings. The smallest absolute Gasteiger partial charge is 0.307 e. The summed E-state index contributed by atoms with van der Waals surface area (Å²) in [4.78, 5) is 22.5. The van der Waals surface area contributed by atoms with E-state index in [0.717, 1.165) is 6.42 Å². The fraction of sp³-hybridized carbons (Fsp3) is 0.833. The Hall–Kier alpha value is -1.14. The first-order chi connectivity index (χ1) is 8.58. The number of carboxylic acids is 1. The largest absolute Gasteiger partial charge is 0.481 e. The molecule has 0 saturated heterocycles. The molecule has 1 amide bonds. The van der Waals surface area contributed by atoms with E-state index in [-0.39, 0.29) is 30.1 Å². The van der Waals surface area contributed by atoms with Gasteiger partial charge < -0.3 is 19.9 Å². The summed E-state index contributed by atoms with van der Waals surface area (Å²) in [7, 11) is 1.59. The fourth-order valence-corrected chi connectivity index (χ4v) is 2.46. The van der Waals surface area contributed by atoms with Crippen molar-refractivity contribution in [2.45, 2.75) is 38.0 Å². The van der Waals surface area contributed by atoms with E-state index in [1.54, 1.807) is 7.11 Å². The third-order valence-electron chi connectivity index (χ3n) is 3.67. The van der Waals surface area contributed by atoms with Crippen LogP contribution in [0.3, 0.4) is 0 Å². The fourth-order valence-electron chi connectivity index (χ4n) is 2.46. The summed E-state index contributed by atoms with van der Waals surface area (Å²) in [5.74, 6) is -1.94. The maximum atomic E-state index is 11.8. The molecular formula is C12H19NO5. The van der Waals surface area contributed by atoms with Crippen molar-refractivity contribution in [1.29, 1.82) is 0 Å². The summed E-state index contributed by atoms with van der Waals surface area (Å²) in [6, 6.07) is -0.0610. The summed E-state index contributed by atoms with van der Waals surface area (Å²) in [6.07, 6.45) is 1.07. The Morgan fingerprint density at radius 3 is 2.56 bits per heavy atom. The zero-order chi connectivity index (χ0) is 13.3. The summed E-state index contributed by atoms with van der Waals surface area (Å²) < 4.78 is 10.7. The number of nitrogens with one attached hydrogen (secondary N) is 1. The van der Waals surface area contributed by atoms with Gasteiger partial charge >= 0.3 is 5.97 Å². The molecule has 6 nitrogen and oxygen atoms in total. The van der Waals surface area contributed by atoms with Gasteiger partial charge in [0.15, 0.2) is 0 Å². The van der Waals surface area contributed by atoms with Crippen molar-refractivity contribution in [3.63, 3.8) is 0 Å². The quantitative estimate of drug-likeness (QED) is 0.700. The average Bonchev–Trinajstić information content (AvgIpc) is 3.07. The second-order valence-electron chi connectivity index (χ2n) is 4.83. The van der Waals surface area contributed by atoms with E-state index >= 15 is 0 Å². The lowest BCUT2D eigenvalue weighted by molar-refractivity contribution is -0.146. The van der Waals surface area contributed by atoms with Gasteiger partial charge in [-0.15, -0.1) is 0 Å². The molecule has 0 aromatic carbocycles. The number of hydrogen-bond acceptors (Lipinski definition) is 4. The number of rotatable bonds is 6. The zero-order valence-electron chi connectivity index (χ0n) is 10.6. The van der Waals surface area contributed by atoms with Crippen molar-refractivity contribution >= 4 is 11.9 Å². The Kier molecular flexibility index (Phi) is 3.87. The predicted octanol–water partition coefficient (Wildman–Crippen LogP) is 0.0157. The third kappa shape index (κ3) is 2.49. The molecule has 0 aromatic heterocycles. The molecule has 0 bridgehead atoms. The van der Waals surface area contributed by atoms with Crippen LogP contribution in [0.4, 0.5) is 0 Å². The molecule has 2 aliphatic rings. The van der Waals surface area contributed by atoms with Gasteiger partial charge in [-0.3, -0.25) is 9.59 Å². The van der Waals surface area contributed by atoms with Crippen molar-refractivity contribution in [2.75, 3.05) is 13.7 Å². The number of ether oxygens (including phenoxy) is 2. The summed E-state index contributed by atoms with van der Waals surface area (Å²) in [6.45, 7) is 2.54.